The van der Waals surface area contributed by atoms with Crippen LogP contribution < -0.4 is 0 Å². The first kappa shape index (κ1) is 21.2. The summed E-state index contributed by atoms with van der Waals surface area (Å²) in [5.74, 6) is -1.30. The minimum Gasteiger partial charge on any atom is -0.429 e. The number of nitrogens with one attached hydrogen (secondary N) is 1. The second-order valence-corrected chi connectivity index (χ2v) is 8.43. The first-order valence-electron chi connectivity index (χ1n) is 11.0. The molecule has 0 aliphatic carbocycles. The Bertz CT molecular complexity index is 1560. The highest BCUT2D eigenvalue weighted by Gasteiger charge is 2.40. The number of amides is 1. The fourth-order valence-corrected chi connectivity index (χ4v) is 4.54. The zero-order valence-electron chi connectivity index (χ0n) is 18.8. The zero-order chi connectivity index (χ0) is 24.3. The Kier molecular flexibility index (Phi) is 4.76. The Morgan fingerprint density at radius 3 is 2.94 bits per heavy atom. The van der Waals surface area contributed by atoms with E-state index < -0.39 is 29.8 Å². The predicted molar refractivity (Wildman–Crippen MR) is 119 cm³/mol. The molecule has 178 valence electrons. The van der Waals surface area contributed by atoms with E-state index in [1.165, 1.54) is 17.4 Å². The van der Waals surface area contributed by atoms with Crippen molar-refractivity contribution in [3.8, 4) is 11.6 Å². The quantitative estimate of drug-likeness (QED) is 0.424. The molecule has 0 aromatic carbocycles. The molecule has 0 spiro atoms. The van der Waals surface area contributed by atoms with E-state index in [9.17, 15) is 13.6 Å². The van der Waals surface area contributed by atoms with Crippen LogP contribution in [0.1, 0.15) is 51.4 Å². The number of H-pyrrole nitrogens is 1. The molecule has 0 saturated heterocycles. The highest BCUT2D eigenvalue weighted by molar-refractivity contribution is 5.93. The number of rotatable bonds is 4. The monoisotopic (exact) mass is 478 g/mol. The van der Waals surface area contributed by atoms with Crippen molar-refractivity contribution in [1.82, 2.24) is 39.0 Å². The summed E-state index contributed by atoms with van der Waals surface area (Å²) in [6, 6.07) is 5.05. The number of aromatic nitrogens is 7. The molecule has 0 unspecified atom stereocenters. The third-order valence-corrected chi connectivity index (χ3v) is 6.29. The van der Waals surface area contributed by atoms with Gasteiger partial charge in [0.1, 0.15) is 11.7 Å². The van der Waals surface area contributed by atoms with Gasteiger partial charge in [-0.2, -0.15) is 5.10 Å². The number of carbonyl (C=O) groups excluding carboxylic acids is 1. The van der Waals surface area contributed by atoms with Crippen LogP contribution in [0.2, 0.25) is 0 Å². The van der Waals surface area contributed by atoms with E-state index in [-0.39, 0.29) is 12.4 Å². The number of hydrogen-bond donors (Lipinski definition) is 1. The summed E-state index contributed by atoms with van der Waals surface area (Å²) < 4.78 is 36.9. The van der Waals surface area contributed by atoms with Gasteiger partial charge in [0.15, 0.2) is 5.69 Å². The van der Waals surface area contributed by atoms with Crippen LogP contribution >= 0.6 is 0 Å². The summed E-state index contributed by atoms with van der Waals surface area (Å²) in [5.41, 5.74) is 3.63. The van der Waals surface area contributed by atoms with Gasteiger partial charge in [0.05, 0.1) is 35.8 Å². The van der Waals surface area contributed by atoms with Crippen molar-refractivity contribution in [2.75, 3.05) is 6.54 Å². The molecule has 6 heterocycles. The van der Waals surface area contributed by atoms with E-state index in [0.29, 0.717) is 23.5 Å². The van der Waals surface area contributed by atoms with Crippen LogP contribution in [0.15, 0.2) is 47.7 Å². The van der Waals surface area contributed by atoms with Crippen LogP contribution in [-0.2, 0) is 13.5 Å². The fraction of sp³-hybridized carbons (Fsp3) is 0.261. The SMILES string of the molecule is Cc1cccn2nc([C@H]3c4nc[nH]c4CCN3C(=O)c3oc(-c4cncn4C)nc3C(F)F)cc12. The van der Waals surface area contributed by atoms with Gasteiger partial charge in [-0.25, -0.2) is 28.2 Å². The number of hydrogen-bond acceptors (Lipinski definition) is 6. The average Bonchev–Trinajstić information content (AvgIpc) is 3.62. The van der Waals surface area contributed by atoms with Crippen LogP contribution in [0.4, 0.5) is 8.78 Å². The third-order valence-electron chi connectivity index (χ3n) is 6.29. The molecule has 5 aromatic rings. The highest BCUT2D eigenvalue weighted by Crippen LogP contribution is 2.37. The van der Waals surface area contributed by atoms with E-state index in [0.717, 1.165) is 16.8 Å². The Morgan fingerprint density at radius 1 is 1.34 bits per heavy atom. The lowest BCUT2D eigenvalue weighted by Crippen LogP contribution is -2.41. The van der Waals surface area contributed by atoms with Gasteiger partial charge in [-0.3, -0.25) is 4.79 Å². The van der Waals surface area contributed by atoms with Crippen molar-refractivity contribution in [1.29, 1.82) is 0 Å². The van der Waals surface area contributed by atoms with Gasteiger partial charge in [0.25, 0.3) is 12.3 Å². The van der Waals surface area contributed by atoms with E-state index in [1.54, 1.807) is 22.5 Å². The van der Waals surface area contributed by atoms with Gasteiger partial charge in [-0.15, -0.1) is 0 Å². The molecule has 0 fully saturated rings. The average molecular weight is 478 g/mol. The number of fused-ring (bicyclic) bond motifs is 2. The van der Waals surface area contributed by atoms with Gasteiger partial charge in [0, 0.05) is 31.9 Å². The molecule has 35 heavy (non-hydrogen) atoms. The van der Waals surface area contributed by atoms with Crippen molar-refractivity contribution in [2.45, 2.75) is 25.8 Å². The number of halogens is 2. The first-order chi connectivity index (χ1) is 16.9. The molecule has 12 heteroatoms. The molecular weight excluding hydrogens is 458 g/mol. The van der Waals surface area contributed by atoms with Crippen LogP contribution in [-0.4, -0.2) is 51.5 Å². The molecule has 1 amide bonds. The fourth-order valence-electron chi connectivity index (χ4n) is 4.54. The van der Waals surface area contributed by atoms with Crippen molar-refractivity contribution in [3.63, 3.8) is 0 Å². The number of carbonyl (C=O) groups is 1. The maximum absolute atomic E-state index is 14.0. The molecule has 0 bridgehead atoms. The van der Waals surface area contributed by atoms with Gasteiger partial charge in [-0.1, -0.05) is 6.07 Å². The van der Waals surface area contributed by atoms with Gasteiger partial charge >= 0.3 is 0 Å². The molecule has 0 radical (unpaired) electrons. The minimum absolute atomic E-state index is 0.0963. The summed E-state index contributed by atoms with van der Waals surface area (Å²) >= 11 is 0. The molecule has 1 aliphatic heterocycles. The first-order valence-corrected chi connectivity index (χ1v) is 11.0. The second kappa shape index (κ2) is 7.86. The summed E-state index contributed by atoms with van der Waals surface area (Å²) in [6.07, 6.45) is 3.80. The highest BCUT2D eigenvalue weighted by atomic mass is 19.3. The van der Waals surface area contributed by atoms with Gasteiger partial charge < -0.3 is 18.9 Å². The van der Waals surface area contributed by atoms with Crippen molar-refractivity contribution >= 4 is 11.4 Å². The summed E-state index contributed by atoms with van der Waals surface area (Å²) in [4.78, 5) is 30.7. The maximum atomic E-state index is 14.0. The molecule has 1 N–H and O–H groups in total. The van der Waals surface area contributed by atoms with E-state index in [2.05, 4.69) is 25.0 Å². The molecule has 0 saturated carbocycles. The Balaban J connectivity index is 1.47. The van der Waals surface area contributed by atoms with Crippen LogP contribution in [0.25, 0.3) is 17.1 Å². The number of nitrogens with zero attached hydrogens (tertiary/aromatic N) is 7. The third kappa shape index (κ3) is 3.32. The Hall–Kier alpha value is -4.35. The van der Waals surface area contributed by atoms with Crippen LogP contribution in [0.5, 0.6) is 0 Å². The molecule has 1 aliphatic rings. The van der Waals surface area contributed by atoms with E-state index in [4.69, 9.17) is 4.42 Å². The maximum Gasteiger partial charge on any atom is 0.292 e. The lowest BCUT2D eigenvalue weighted by Gasteiger charge is -2.33. The topological polar surface area (TPSA) is 110 Å². The van der Waals surface area contributed by atoms with Crippen molar-refractivity contribution in [2.24, 2.45) is 7.05 Å². The smallest absolute Gasteiger partial charge is 0.292 e. The van der Waals surface area contributed by atoms with Gasteiger partial charge in [0.2, 0.25) is 11.7 Å². The molecule has 1 atom stereocenters. The molecular formula is C23H20F2N8O2. The molecule has 6 rings (SSSR count). The predicted octanol–water partition coefficient (Wildman–Crippen LogP) is 3.48. The van der Waals surface area contributed by atoms with Crippen molar-refractivity contribution in [3.05, 3.63) is 77.3 Å². The minimum atomic E-state index is -3.00. The lowest BCUT2D eigenvalue weighted by molar-refractivity contribution is 0.0640. The number of aromatic amines is 1. The largest absolute Gasteiger partial charge is 0.429 e. The number of pyridine rings is 1. The van der Waals surface area contributed by atoms with Crippen LogP contribution in [0, 0.1) is 6.92 Å². The summed E-state index contributed by atoms with van der Waals surface area (Å²) in [5, 5.41) is 4.68. The normalized spacial score (nSPS) is 15.8. The number of imidazole rings is 2. The second-order valence-electron chi connectivity index (χ2n) is 8.43. The van der Waals surface area contributed by atoms with E-state index in [1.807, 2.05) is 31.3 Å². The van der Waals surface area contributed by atoms with Crippen molar-refractivity contribution < 1.29 is 18.0 Å². The Labute approximate surface area is 197 Å². The molecule has 10 nitrogen and oxygen atoms in total. The number of oxazole rings is 1. The Morgan fingerprint density at radius 2 is 2.20 bits per heavy atom. The molecule has 5 aromatic heterocycles. The lowest BCUT2D eigenvalue weighted by atomic mass is 9.99. The number of alkyl halides is 2. The summed E-state index contributed by atoms with van der Waals surface area (Å²) in [6.45, 7) is 2.23. The van der Waals surface area contributed by atoms with Crippen LogP contribution in [0.3, 0.4) is 0 Å². The number of aryl methyl sites for hydroxylation is 2. The van der Waals surface area contributed by atoms with Gasteiger partial charge in [-0.05, 0) is 24.6 Å². The summed E-state index contributed by atoms with van der Waals surface area (Å²) in [7, 11) is 1.68. The standard InChI is InChI=1S/C23H20F2N8O2/c1-12-4-3-6-33-15(12)8-14(30-33)19-17-13(27-10-28-17)5-7-32(19)23(34)20-18(21(24)25)29-22(35-20)16-9-26-11-31(16)2/h3-4,6,8-11,19,21H,5,7H2,1-2H3,(H,27,28)/t19-/m0/s1. The zero-order valence-corrected chi connectivity index (χ0v) is 18.8. The van der Waals surface area contributed by atoms with E-state index >= 15 is 0 Å².